The quantitative estimate of drug-likeness (QED) is 0.673. The number of amides is 1. The molecular formula is C20H21NO6S. The van der Waals surface area contributed by atoms with Crippen molar-refractivity contribution >= 4 is 37.7 Å². The van der Waals surface area contributed by atoms with E-state index in [-0.39, 0.29) is 29.4 Å². The van der Waals surface area contributed by atoms with E-state index in [1.807, 2.05) is 19.9 Å². The summed E-state index contributed by atoms with van der Waals surface area (Å²) in [7, 11) is -3.09. The molecule has 3 heterocycles. The highest BCUT2D eigenvalue weighted by atomic mass is 32.2. The fourth-order valence-electron chi connectivity index (χ4n) is 3.87. The molecule has 148 valence electrons. The van der Waals surface area contributed by atoms with Gasteiger partial charge in [0.25, 0.3) is 0 Å². The second-order valence-electron chi connectivity index (χ2n) is 7.51. The summed E-state index contributed by atoms with van der Waals surface area (Å²) in [6.45, 7) is 5.57. The zero-order chi connectivity index (χ0) is 20.2. The zero-order valence-electron chi connectivity index (χ0n) is 15.9. The molecule has 1 amide bonds. The highest BCUT2D eigenvalue weighted by Crippen LogP contribution is 2.32. The van der Waals surface area contributed by atoms with Gasteiger partial charge >= 0.3 is 5.63 Å². The smallest absolute Gasteiger partial charge is 0.340 e. The molecule has 7 nitrogen and oxygen atoms in total. The molecule has 0 radical (unpaired) electrons. The Bertz CT molecular complexity index is 1280. The zero-order valence-corrected chi connectivity index (χ0v) is 16.7. The van der Waals surface area contributed by atoms with Crippen LogP contribution in [-0.2, 0) is 21.1 Å². The Kier molecular flexibility index (Phi) is 4.33. The number of furan rings is 1. The molecule has 1 aromatic carbocycles. The molecule has 1 unspecified atom stereocenters. The van der Waals surface area contributed by atoms with Gasteiger partial charge in [-0.25, -0.2) is 13.2 Å². The third-order valence-corrected chi connectivity index (χ3v) is 7.24. The maximum Gasteiger partial charge on any atom is 0.340 e. The van der Waals surface area contributed by atoms with Crippen molar-refractivity contribution in [2.24, 2.45) is 0 Å². The molecule has 2 aromatic heterocycles. The maximum atomic E-state index is 12.6. The maximum absolute atomic E-state index is 12.6. The van der Waals surface area contributed by atoms with Crippen LogP contribution in [0.1, 0.15) is 28.7 Å². The highest BCUT2D eigenvalue weighted by molar-refractivity contribution is 7.91. The first-order valence-corrected chi connectivity index (χ1v) is 10.9. The Morgan fingerprint density at radius 3 is 2.61 bits per heavy atom. The summed E-state index contributed by atoms with van der Waals surface area (Å²) < 4.78 is 34.2. The first-order chi connectivity index (χ1) is 13.2. The number of fused-ring (bicyclic) bond motifs is 2. The van der Waals surface area contributed by atoms with E-state index in [1.165, 1.54) is 0 Å². The molecule has 1 N–H and O–H groups in total. The van der Waals surface area contributed by atoms with E-state index in [4.69, 9.17) is 8.83 Å². The largest absolute Gasteiger partial charge is 0.464 e. The first kappa shape index (κ1) is 18.7. The third-order valence-electron chi connectivity index (χ3n) is 5.47. The lowest BCUT2D eigenvalue weighted by Crippen LogP contribution is -2.37. The van der Waals surface area contributed by atoms with Crippen LogP contribution in [0.5, 0.6) is 0 Å². The van der Waals surface area contributed by atoms with Crippen molar-refractivity contribution in [3.05, 3.63) is 45.0 Å². The minimum atomic E-state index is -3.09. The van der Waals surface area contributed by atoms with Gasteiger partial charge in [0.05, 0.1) is 29.8 Å². The lowest BCUT2D eigenvalue weighted by molar-refractivity contribution is -0.121. The van der Waals surface area contributed by atoms with Crippen LogP contribution in [0.3, 0.4) is 0 Å². The molecule has 4 rings (SSSR count). The van der Waals surface area contributed by atoms with Gasteiger partial charge in [0.1, 0.15) is 11.2 Å². The Balaban J connectivity index is 1.71. The molecule has 1 aliphatic heterocycles. The van der Waals surface area contributed by atoms with Gasteiger partial charge in [-0.3, -0.25) is 4.79 Å². The number of nitrogens with one attached hydrogen (secondary N) is 1. The monoisotopic (exact) mass is 403 g/mol. The van der Waals surface area contributed by atoms with Crippen LogP contribution in [0.4, 0.5) is 0 Å². The summed E-state index contributed by atoms with van der Waals surface area (Å²) in [5, 5.41) is 4.42. The normalized spacial score (nSPS) is 18.8. The lowest BCUT2D eigenvalue weighted by Gasteiger charge is -2.13. The van der Waals surface area contributed by atoms with Crippen molar-refractivity contribution < 1.29 is 22.0 Å². The molecule has 0 aliphatic carbocycles. The fraction of sp³-hybridized carbons (Fsp3) is 0.400. The van der Waals surface area contributed by atoms with E-state index >= 15 is 0 Å². The number of sulfone groups is 1. The van der Waals surface area contributed by atoms with E-state index in [9.17, 15) is 18.0 Å². The standard InChI is InChI=1S/C20H21NO6S/c1-10-8-26-18-12(3)19-15(6-14(10)18)11(2)16(20(23)27-19)7-17(22)21-13-4-5-28(24,25)9-13/h6,8,13H,4-5,7,9H2,1-3H3,(H,21,22). The van der Waals surface area contributed by atoms with E-state index in [1.54, 1.807) is 13.2 Å². The van der Waals surface area contributed by atoms with Crippen LogP contribution < -0.4 is 10.9 Å². The molecule has 0 saturated carbocycles. The molecular weight excluding hydrogens is 382 g/mol. The van der Waals surface area contributed by atoms with Crippen LogP contribution in [-0.4, -0.2) is 31.9 Å². The van der Waals surface area contributed by atoms with Crippen LogP contribution in [0.25, 0.3) is 21.9 Å². The molecule has 1 atom stereocenters. The molecule has 8 heteroatoms. The molecule has 1 aliphatic rings. The number of hydrogen-bond donors (Lipinski definition) is 1. The average molecular weight is 403 g/mol. The van der Waals surface area contributed by atoms with Crippen molar-refractivity contribution in [2.75, 3.05) is 11.5 Å². The Morgan fingerprint density at radius 2 is 1.93 bits per heavy atom. The van der Waals surface area contributed by atoms with Crippen LogP contribution >= 0.6 is 0 Å². The fourth-order valence-corrected chi connectivity index (χ4v) is 5.54. The summed E-state index contributed by atoms with van der Waals surface area (Å²) in [4.78, 5) is 25.0. The lowest BCUT2D eigenvalue weighted by atomic mass is 9.99. The molecule has 0 spiro atoms. The van der Waals surface area contributed by atoms with Crippen molar-refractivity contribution in [1.82, 2.24) is 5.32 Å². The highest BCUT2D eigenvalue weighted by Gasteiger charge is 2.29. The van der Waals surface area contributed by atoms with E-state index < -0.39 is 21.5 Å². The second kappa shape index (κ2) is 6.48. The Hall–Kier alpha value is -2.61. The number of hydrogen-bond acceptors (Lipinski definition) is 6. The Labute approximate surface area is 161 Å². The van der Waals surface area contributed by atoms with Crippen molar-refractivity contribution in [1.29, 1.82) is 0 Å². The van der Waals surface area contributed by atoms with Gasteiger partial charge in [0.2, 0.25) is 5.91 Å². The summed E-state index contributed by atoms with van der Waals surface area (Å²) in [5.41, 5.74) is 3.26. The van der Waals surface area contributed by atoms with Gasteiger partial charge in [-0.1, -0.05) is 0 Å². The molecule has 0 bridgehead atoms. The van der Waals surface area contributed by atoms with Gasteiger partial charge in [0, 0.05) is 22.4 Å². The van der Waals surface area contributed by atoms with Gasteiger partial charge in [-0.2, -0.15) is 0 Å². The SMILES string of the molecule is Cc1coc2c(C)c3oc(=O)c(CC(=O)NC4CCS(=O)(=O)C4)c(C)c3cc12. The van der Waals surface area contributed by atoms with Crippen LogP contribution in [0, 0.1) is 20.8 Å². The minimum absolute atomic E-state index is 0.0546. The molecule has 3 aromatic rings. The summed E-state index contributed by atoms with van der Waals surface area (Å²) in [6.07, 6.45) is 1.91. The predicted octanol–water partition coefficient (Wildman–Crippen LogP) is 2.31. The second-order valence-corrected chi connectivity index (χ2v) is 9.74. The summed E-state index contributed by atoms with van der Waals surface area (Å²) >= 11 is 0. The number of carbonyl (C=O) groups excluding carboxylic acids is 1. The van der Waals surface area contributed by atoms with Crippen molar-refractivity contribution in [3.63, 3.8) is 0 Å². The molecule has 1 fully saturated rings. The van der Waals surface area contributed by atoms with Crippen molar-refractivity contribution in [3.8, 4) is 0 Å². The van der Waals surface area contributed by atoms with Crippen LogP contribution in [0.2, 0.25) is 0 Å². The van der Waals surface area contributed by atoms with Gasteiger partial charge in [-0.15, -0.1) is 0 Å². The number of benzene rings is 1. The van der Waals surface area contributed by atoms with E-state index in [2.05, 4.69) is 5.32 Å². The van der Waals surface area contributed by atoms with Gasteiger partial charge in [-0.05, 0) is 44.4 Å². The molecule has 28 heavy (non-hydrogen) atoms. The van der Waals surface area contributed by atoms with Gasteiger partial charge < -0.3 is 14.2 Å². The average Bonchev–Trinajstić information content (AvgIpc) is 3.15. The minimum Gasteiger partial charge on any atom is -0.464 e. The first-order valence-electron chi connectivity index (χ1n) is 9.10. The third kappa shape index (κ3) is 3.11. The van der Waals surface area contributed by atoms with Crippen LogP contribution in [0.15, 0.2) is 26.0 Å². The number of aryl methyl sites for hydroxylation is 3. The topological polar surface area (TPSA) is 107 Å². The molecule has 1 saturated heterocycles. The van der Waals surface area contributed by atoms with E-state index in [0.717, 1.165) is 21.9 Å². The number of rotatable bonds is 3. The predicted molar refractivity (Wildman–Crippen MR) is 105 cm³/mol. The summed E-state index contributed by atoms with van der Waals surface area (Å²) in [5.74, 6) is -0.357. The van der Waals surface area contributed by atoms with Crippen molar-refractivity contribution in [2.45, 2.75) is 39.7 Å². The van der Waals surface area contributed by atoms with Gasteiger partial charge in [0.15, 0.2) is 9.84 Å². The summed E-state index contributed by atoms with van der Waals surface area (Å²) in [6, 6.07) is 1.51. The number of carbonyl (C=O) groups is 1. The van der Waals surface area contributed by atoms with E-state index in [0.29, 0.717) is 23.2 Å². The Morgan fingerprint density at radius 1 is 1.18 bits per heavy atom.